The van der Waals surface area contributed by atoms with E-state index in [0.717, 1.165) is 0 Å². The first kappa shape index (κ1) is 22.4. The molecule has 0 spiro atoms. The van der Waals surface area contributed by atoms with Crippen molar-refractivity contribution >= 4 is 28.5 Å². The summed E-state index contributed by atoms with van der Waals surface area (Å²) in [6, 6.07) is 1.03. The molecule has 9 nitrogen and oxygen atoms in total. The van der Waals surface area contributed by atoms with E-state index in [2.05, 4.69) is 15.3 Å². The zero-order valence-electron chi connectivity index (χ0n) is 16.2. The highest BCUT2D eigenvalue weighted by atomic mass is 32.2. The number of rotatable bonds is 13. The first-order chi connectivity index (χ1) is 13.7. The maximum Gasteiger partial charge on any atom is 0.331 e. The summed E-state index contributed by atoms with van der Waals surface area (Å²) in [5, 5.41) is 13.9. The Morgan fingerprint density at radius 3 is 2.75 bits per heavy atom. The second kappa shape index (κ2) is 12.6. The van der Waals surface area contributed by atoms with Gasteiger partial charge in [-0.05, 0) is 6.92 Å². The molecule has 1 aromatic rings. The lowest BCUT2D eigenvalue weighted by Crippen LogP contribution is -2.21. The number of hydrogen-bond donors (Lipinski definition) is 2. The molecular formula is C18H27N3O6S. The van der Waals surface area contributed by atoms with Gasteiger partial charge in [-0.3, -0.25) is 4.99 Å². The predicted molar refractivity (Wildman–Crippen MR) is 107 cm³/mol. The van der Waals surface area contributed by atoms with Crippen LogP contribution in [0.1, 0.15) is 12.6 Å². The Morgan fingerprint density at radius 2 is 2.04 bits per heavy atom. The highest BCUT2D eigenvalue weighted by Gasteiger charge is 2.28. The monoisotopic (exact) mass is 413 g/mol. The summed E-state index contributed by atoms with van der Waals surface area (Å²) in [7, 11) is 1.63. The Balaban J connectivity index is 1.74. The molecule has 0 unspecified atom stereocenters. The van der Waals surface area contributed by atoms with Crippen molar-refractivity contribution in [1.82, 2.24) is 4.98 Å². The minimum atomic E-state index is -0.547. The Hall–Kier alpha value is -1.88. The summed E-state index contributed by atoms with van der Waals surface area (Å²) in [6.45, 7) is 5.30. The van der Waals surface area contributed by atoms with Crippen LogP contribution >= 0.6 is 11.8 Å². The molecule has 0 fully saturated rings. The number of carbonyl (C=O) groups is 1. The van der Waals surface area contributed by atoms with Crippen molar-refractivity contribution in [2.24, 2.45) is 4.99 Å². The fourth-order valence-corrected chi connectivity index (χ4v) is 3.33. The molecule has 0 bridgehead atoms. The molecule has 0 radical (unpaired) electrons. The lowest BCUT2D eigenvalue weighted by molar-refractivity contribution is -0.143. The second-order valence-electron chi connectivity index (χ2n) is 5.75. The van der Waals surface area contributed by atoms with Crippen molar-refractivity contribution in [2.75, 3.05) is 64.4 Å². The number of pyridine rings is 1. The normalized spacial score (nSPS) is 16.1. The first-order valence-corrected chi connectivity index (χ1v) is 10.1. The zero-order chi connectivity index (χ0) is 20.2. The zero-order valence-corrected chi connectivity index (χ0v) is 17.0. The van der Waals surface area contributed by atoms with E-state index in [1.807, 2.05) is 0 Å². The SMILES string of the molecule is CCOC(=O)[C@H]1CSC(c2ncc(NCCOCCOCCOC)cc2O)=N1. The smallest absolute Gasteiger partial charge is 0.331 e. The van der Waals surface area contributed by atoms with Crippen LogP contribution in [0.25, 0.3) is 0 Å². The number of esters is 1. The Kier molecular flexibility index (Phi) is 10.0. The molecule has 28 heavy (non-hydrogen) atoms. The quantitative estimate of drug-likeness (QED) is 0.365. The van der Waals surface area contributed by atoms with Crippen LogP contribution in [0.3, 0.4) is 0 Å². The molecule has 0 aliphatic carbocycles. The molecule has 10 heteroatoms. The summed E-state index contributed by atoms with van der Waals surface area (Å²) >= 11 is 1.38. The van der Waals surface area contributed by atoms with Crippen LogP contribution in [0.2, 0.25) is 0 Å². The molecule has 0 saturated carbocycles. The molecule has 2 N–H and O–H groups in total. The van der Waals surface area contributed by atoms with Crippen LogP contribution in [-0.4, -0.2) is 86.2 Å². The van der Waals surface area contributed by atoms with Crippen LogP contribution in [0.4, 0.5) is 5.69 Å². The molecule has 1 aromatic heterocycles. The van der Waals surface area contributed by atoms with E-state index in [4.69, 9.17) is 18.9 Å². The van der Waals surface area contributed by atoms with Crippen molar-refractivity contribution in [1.29, 1.82) is 0 Å². The number of carbonyl (C=O) groups excluding carboxylic acids is 1. The highest BCUT2D eigenvalue weighted by Crippen LogP contribution is 2.29. The van der Waals surface area contributed by atoms with Crippen LogP contribution in [-0.2, 0) is 23.7 Å². The predicted octanol–water partition coefficient (Wildman–Crippen LogP) is 1.30. The third-order valence-corrected chi connectivity index (χ3v) is 4.71. The first-order valence-electron chi connectivity index (χ1n) is 9.10. The van der Waals surface area contributed by atoms with Gasteiger partial charge in [-0.15, -0.1) is 11.8 Å². The van der Waals surface area contributed by atoms with Crippen molar-refractivity contribution in [3.05, 3.63) is 18.0 Å². The number of aliphatic imine (C=N–C) groups is 1. The Morgan fingerprint density at radius 1 is 1.29 bits per heavy atom. The minimum absolute atomic E-state index is 0.00761. The van der Waals surface area contributed by atoms with Gasteiger partial charge in [0.1, 0.15) is 16.5 Å². The molecule has 2 rings (SSSR count). The number of nitrogens with one attached hydrogen (secondary N) is 1. The fourth-order valence-electron chi connectivity index (χ4n) is 2.31. The van der Waals surface area contributed by atoms with E-state index < -0.39 is 6.04 Å². The summed E-state index contributed by atoms with van der Waals surface area (Å²) < 4.78 is 20.6. The largest absolute Gasteiger partial charge is 0.506 e. The van der Waals surface area contributed by atoms with Gasteiger partial charge in [0.25, 0.3) is 0 Å². The van der Waals surface area contributed by atoms with E-state index in [1.165, 1.54) is 11.8 Å². The van der Waals surface area contributed by atoms with Gasteiger partial charge in [0.15, 0.2) is 6.04 Å². The van der Waals surface area contributed by atoms with Crippen LogP contribution in [0.15, 0.2) is 17.3 Å². The summed E-state index contributed by atoms with van der Waals surface area (Å²) in [4.78, 5) is 20.3. The number of thioether (sulfide) groups is 1. The third kappa shape index (κ3) is 7.27. The molecule has 0 aromatic carbocycles. The number of ether oxygens (including phenoxy) is 4. The average molecular weight is 413 g/mol. The molecule has 1 aliphatic rings. The minimum Gasteiger partial charge on any atom is -0.506 e. The van der Waals surface area contributed by atoms with Gasteiger partial charge in [0.05, 0.1) is 51.5 Å². The van der Waals surface area contributed by atoms with Gasteiger partial charge < -0.3 is 29.4 Å². The van der Waals surface area contributed by atoms with Crippen molar-refractivity contribution < 1.29 is 28.8 Å². The number of hydrogen-bond acceptors (Lipinski definition) is 10. The third-order valence-electron chi connectivity index (χ3n) is 3.66. The molecule has 2 heterocycles. The number of aromatic nitrogens is 1. The molecule has 0 saturated heterocycles. The lowest BCUT2D eigenvalue weighted by Gasteiger charge is -2.09. The molecule has 156 valence electrons. The number of methoxy groups -OCH3 is 1. The maximum absolute atomic E-state index is 11.8. The van der Waals surface area contributed by atoms with Gasteiger partial charge in [-0.2, -0.15) is 0 Å². The van der Waals surface area contributed by atoms with Crippen molar-refractivity contribution in [3.8, 4) is 5.75 Å². The standard InChI is InChI=1S/C18H27N3O6S/c1-3-27-18(23)14-12-28-17(21-14)16-15(22)10-13(11-20-16)19-4-5-25-8-9-26-7-6-24-2/h10-11,14,19,22H,3-9,12H2,1-2H3/t14-/m1/s1. The van der Waals surface area contributed by atoms with Crippen molar-refractivity contribution in [2.45, 2.75) is 13.0 Å². The summed E-state index contributed by atoms with van der Waals surface area (Å²) in [5.74, 6) is 0.141. The molecule has 1 aliphatic heterocycles. The molecule has 1 atom stereocenters. The highest BCUT2D eigenvalue weighted by molar-refractivity contribution is 8.14. The van der Waals surface area contributed by atoms with E-state index in [9.17, 15) is 9.90 Å². The van der Waals surface area contributed by atoms with Gasteiger partial charge in [-0.1, -0.05) is 0 Å². The fraction of sp³-hybridized carbons (Fsp3) is 0.611. The van der Waals surface area contributed by atoms with E-state index >= 15 is 0 Å². The van der Waals surface area contributed by atoms with E-state index in [0.29, 0.717) is 68.4 Å². The Bertz CT molecular complexity index is 658. The van der Waals surface area contributed by atoms with E-state index in [-0.39, 0.29) is 11.7 Å². The molecule has 0 amide bonds. The Labute approximate surface area is 168 Å². The number of nitrogens with zero attached hydrogens (tertiary/aromatic N) is 2. The summed E-state index contributed by atoms with van der Waals surface area (Å²) in [6.07, 6.45) is 1.61. The van der Waals surface area contributed by atoms with Gasteiger partial charge in [0, 0.05) is 25.5 Å². The van der Waals surface area contributed by atoms with Crippen LogP contribution < -0.4 is 5.32 Å². The molecular weight excluding hydrogens is 386 g/mol. The number of anilines is 1. The lowest BCUT2D eigenvalue weighted by atomic mass is 10.3. The maximum atomic E-state index is 11.8. The summed E-state index contributed by atoms with van der Waals surface area (Å²) in [5.41, 5.74) is 1.04. The van der Waals surface area contributed by atoms with Crippen LogP contribution in [0.5, 0.6) is 5.75 Å². The van der Waals surface area contributed by atoms with Gasteiger partial charge >= 0.3 is 5.97 Å². The van der Waals surface area contributed by atoms with Crippen LogP contribution in [0, 0.1) is 0 Å². The van der Waals surface area contributed by atoms with Crippen molar-refractivity contribution in [3.63, 3.8) is 0 Å². The topological polar surface area (TPSA) is 112 Å². The van der Waals surface area contributed by atoms with Gasteiger partial charge in [-0.25, -0.2) is 9.78 Å². The van der Waals surface area contributed by atoms with Gasteiger partial charge in [0.2, 0.25) is 0 Å². The number of aromatic hydroxyl groups is 1. The average Bonchev–Trinajstić information content (AvgIpc) is 3.17. The second-order valence-corrected chi connectivity index (χ2v) is 6.76. The van der Waals surface area contributed by atoms with E-state index in [1.54, 1.807) is 26.3 Å².